The maximum absolute atomic E-state index is 11.0. The first-order valence-corrected chi connectivity index (χ1v) is 8.08. The topological polar surface area (TPSA) is 81.7 Å². The van der Waals surface area contributed by atoms with Crippen molar-refractivity contribution in [3.63, 3.8) is 0 Å². The molecule has 0 aliphatic heterocycles. The van der Waals surface area contributed by atoms with Gasteiger partial charge in [0.15, 0.2) is 0 Å². The molecule has 2 rings (SSSR count). The summed E-state index contributed by atoms with van der Waals surface area (Å²) in [5.41, 5.74) is 1.93. The molecule has 1 N–H and O–H groups in total. The van der Waals surface area contributed by atoms with E-state index in [0.717, 1.165) is 11.1 Å². The van der Waals surface area contributed by atoms with Gasteiger partial charge in [0.25, 0.3) is 0 Å². The lowest BCUT2D eigenvalue weighted by atomic mass is 10.2. The zero-order chi connectivity index (χ0) is 19.2. The molecule has 0 heterocycles. The van der Waals surface area contributed by atoms with Crippen LogP contribution < -0.4 is 5.32 Å². The number of ketones is 1. The average molecular weight is 357 g/mol. The van der Waals surface area contributed by atoms with Crippen LogP contribution in [0.1, 0.15) is 25.0 Å². The summed E-state index contributed by atoms with van der Waals surface area (Å²) in [4.78, 5) is 32.0. The van der Waals surface area contributed by atoms with Gasteiger partial charge in [-0.25, -0.2) is 4.79 Å². The van der Waals surface area contributed by atoms with Crippen molar-refractivity contribution in [1.29, 1.82) is 0 Å². The summed E-state index contributed by atoms with van der Waals surface area (Å²) in [5, 5.41) is 2.34. The van der Waals surface area contributed by atoms with E-state index in [2.05, 4.69) is 5.32 Å². The van der Waals surface area contributed by atoms with Crippen LogP contribution in [-0.2, 0) is 32.3 Å². The number of benzene rings is 2. The minimum Gasteiger partial charge on any atom is -0.461 e. The largest absolute Gasteiger partial charge is 0.461 e. The number of hydrogen-bond acceptors (Lipinski definition) is 5. The minimum absolute atomic E-state index is 0.00756. The van der Waals surface area contributed by atoms with Crippen molar-refractivity contribution in [2.75, 3.05) is 6.54 Å². The van der Waals surface area contributed by atoms with E-state index in [1.54, 1.807) is 0 Å². The summed E-state index contributed by atoms with van der Waals surface area (Å²) in [6.45, 7) is 3.40. The average Bonchev–Trinajstić information content (AvgIpc) is 2.65. The summed E-state index contributed by atoms with van der Waals surface area (Å²) in [7, 11) is 0. The fraction of sp³-hybridized carbons (Fsp3) is 0.250. The maximum atomic E-state index is 11.0. The van der Waals surface area contributed by atoms with Crippen LogP contribution >= 0.6 is 0 Å². The Balaban J connectivity index is 0.000000273. The molecule has 0 spiro atoms. The molecule has 2 aromatic rings. The first-order valence-electron chi connectivity index (χ1n) is 8.08. The highest BCUT2D eigenvalue weighted by Gasteiger charge is 2.02. The fourth-order valence-corrected chi connectivity index (χ4v) is 1.73. The number of carbonyl (C=O) groups is 3. The van der Waals surface area contributed by atoms with Crippen LogP contribution in [0.5, 0.6) is 0 Å². The second-order valence-corrected chi connectivity index (χ2v) is 5.38. The van der Waals surface area contributed by atoms with Gasteiger partial charge in [0.05, 0.1) is 6.54 Å². The molecule has 0 aromatic heterocycles. The Morgan fingerprint density at radius 1 is 0.769 bits per heavy atom. The van der Waals surface area contributed by atoms with Gasteiger partial charge in [0, 0.05) is 6.92 Å². The Kier molecular flexibility index (Phi) is 9.84. The Bertz CT molecular complexity index is 686. The number of hydrogen-bond donors (Lipinski definition) is 1. The van der Waals surface area contributed by atoms with E-state index in [4.69, 9.17) is 9.47 Å². The molecule has 0 unspecified atom stereocenters. The fourth-order valence-electron chi connectivity index (χ4n) is 1.73. The number of carbonyl (C=O) groups excluding carboxylic acids is 3. The van der Waals surface area contributed by atoms with Crippen molar-refractivity contribution in [3.05, 3.63) is 71.8 Å². The van der Waals surface area contributed by atoms with Gasteiger partial charge in [0.2, 0.25) is 0 Å². The number of Topliss-reactive ketones (excluding diaryl/α,β-unsaturated/α-hetero) is 1. The molecule has 6 nitrogen and oxygen atoms in total. The lowest BCUT2D eigenvalue weighted by Gasteiger charge is -2.05. The highest BCUT2D eigenvalue weighted by molar-refractivity contribution is 5.81. The molecule has 0 fully saturated rings. The van der Waals surface area contributed by atoms with Crippen molar-refractivity contribution in [2.45, 2.75) is 27.1 Å². The molecule has 1 amide bonds. The second-order valence-electron chi connectivity index (χ2n) is 5.38. The third kappa shape index (κ3) is 10.6. The van der Waals surface area contributed by atoms with Crippen molar-refractivity contribution < 1.29 is 23.9 Å². The Hall–Kier alpha value is -3.15. The first-order chi connectivity index (χ1) is 12.5. The number of esters is 1. The zero-order valence-corrected chi connectivity index (χ0v) is 14.9. The van der Waals surface area contributed by atoms with Crippen LogP contribution in [-0.4, -0.2) is 24.4 Å². The Morgan fingerprint density at radius 2 is 1.23 bits per heavy atom. The van der Waals surface area contributed by atoms with Crippen molar-refractivity contribution in [2.24, 2.45) is 0 Å². The van der Waals surface area contributed by atoms with Crippen LogP contribution in [0, 0.1) is 0 Å². The van der Waals surface area contributed by atoms with Crippen molar-refractivity contribution in [1.82, 2.24) is 5.32 Å². The zero-order valence-electron chi connectivity index (χ0n) is 14.9. The van der Waals surface area contributed by atoms with E-state index in [1.807, 2.05) is 60.7 Å². The third-order valence-electron chi connectivity index (χ3n) is 2.98. The number of amides is 1. The van der Waals surface area contributed by atoms with Gasteiger partial charge in [-0.1, -0.05) is 60.7 Å². The molecular formula is C20H23NO5. The van der Waals surface area contributed by atoms with E-state index in [0.29, 0.717) is 6.61 Å². The predicted molar refractivity (Wildman–Crippen MR) is 97.2 cm³/mol. The van der Waals surface area contributed by atoms with Crippen LogP contribution in [0.3, 0.4) is 0 Å². The molecule has 0 radical (unpaired) electrons. The molecule has 138 valence electrons. The van der Waals surface area contributed by atoms with E-state index in [9.17, 15) is 14.4 Å². The lowest BCUT2D eigenvalue weighted by Crippen LogP contribution is -2.28. The summed E-state index contributed by atoms with van der Waals surface area (Å²) in [5.74, 6) is -0.347. The van der Waals surface area contributed by atoms with Gasteiger partial charge in [0.1, 0.15) is 19.0 Å². The Morgan fingerprint density at radius 3 is 1.65 bits per heavy atom. The number of rotatable bonds is 6. The molecule has 0 aliphatic carbocycles. The molecular weight excluding hydrogens is 334 g/mol. The van der Waals surface area contributed by atoms with Crippen LogP contribution in [0.25, 0.3) is 0 Å². The monoisotopic (exact) mass is 357 g/mol. The summed E-state index contributed by atoms with van der Waals surface area (Å²) < 4.78 is 9.67. The maximum Gasteiger partial charge on any atom is 0.407 e. The molecule has 0 bridgehead atoms. The molecule has 0 atom stereocenters. The molecule has 0 saturated heterocycles. The number of nitrogens with one attached hydrogen (secondary N) is 1. The van der Waals surface area contributed by atoms with E-state index in [1.165, 1.54) is 13.8 Å². The highest BCUT2D eigenvalue weighted by atomic mass is 16.5. The van der Waals surface area contributed by atoms with Gasteiger partial charge in [-0.05, 0) is 18.1 Å². The first kappa shape index (κ1) is 20.9. The summed E-state index contributed by atoms with van der Waals surface area (Å²) >= 11 is 0. The van der Waals surface area contributed by atoms with Gasteiger partial charge in [-0.15, -0.1) is 0 Å². The number of ether oxygens (including phenoxy) is 2. The molecule has 0 saturated carbocycles. The molecule has 0 aliphatic rings. The third-order valence-corrected chi connectivity index (χ3v) is 2.98. The normalized spacial score (nSPS) is 9.31. The summed E-state index contributed by atoms with van der Waals surface area (Å²) in [6.07, 6.45) is -0.575. The van der Waals surface area contributed by atoms with E-state index < -0.39 is 6.09 Å². The molecule has 6 heteroatoms. The summed E-state index contributed by atoms with van der Waals surface area (Å²) in [6, 6.07) is 18.9. The SMILES string of the molecule is CC(=O)CNC(=O)OCc1ccccc1.CC(=O)OCc1ccccc1. The van der Waals surface area contributed by atoms with E-state index in [-0.39, 0.29) is 24.9 Å². The van der Waals surface area contributed by atoms with Gasteiger partial charge in [-0.2, -0.15) is 0 Å². The van der Waals surface area contributed by atoms with Crippen LogP contribution in [0.4, 0.5) is 4.79 Å². The lowest BCUT2D eigenvalue weighted by molar-refractivity contribution is -0.142. The number of alkyl carbamates (subject to hydrolysis) is 1. The smallest absolute Gasteiger partial charge is 0.407 e. The molecule has 26 heavy (non-hydrogen) atoms. The van der Waals surface area contributed by atoms with Crippen molar-refractivity contribution >= 4 is 17.8 Å². The predicted octanol–water partition coefficient (Wildman–Crippen LogP) is 3.25. The Labute approximate surface area is 153 Å². The van der Waals surface area contributed by atoms with Gasteiger partial charge < -0.3 is 14.8 Å². The van der Waals surface area contributed by atoms with Gasteiger partial charge in [-0.3, -0.25) is 9.59 Å². The minimum atomic E-state index is -0.575. The van der Waals surface area contributed by atoms with Crippen LogP contribution in [0.15, 0.2) is 60.7 Å². The van der Waals surface area contributed by atoms with Gasteiger partial charge >= 0.3 is 12.1 Å². The second kappa shape index (κ2) is 12.2. The molecule has 2 aromatic carbocycles. The van der Waals surface area contributed by atoms with Crippen LogP contribution in [0.2, 0.25) is 0 Å². The quantitative estimate of drug-likeness (QED) is 0.803. The van der Waals surface area contributed by atoms with Crippen molar-refractivity contribution in [3.8, 4) is 0 Å². The highest BCUT2D eigenvalue weighted by Crippen LogP contribution is 2.00. The van der Waals surface area contributed by atoms with E-state index >= 15 is 0 Å². The standard InChI is InChI=1S/C11H13NO3.C9H10O2/c1-9(13)7-12-11(14)15-8-10-5-3-2-4-6-10;1-8(10)11-7-9-5-3-2-4-6-9/h2-6H,7-8H2,1H3,(H,12,14);2-6H,7H2,1H3.